The first-order valence-electron chi connectivity index (χ1n) is 7.80. The van der Waals surface area contributed by atoms with Gasteiger partial charge in [-0.15, -0.1) is 0 Å². The second kappa shape index (κ2) is 6.20. The number of hydrogen-bond acceptors (Lipinski definition) is 6. The summed E-state index contributed by atoms with van der Waals surface area (Å²) >= 11 is 5.98. The number of anilines is 1. The number of halogens is 1. The zero-order valence-corrected chi connectivity index (χ0v) is 13.9. The molecular formula is C17H16ClN5O. The second-order valence-electron chi connectivity index (χ2n) is 5.88. The molecule has 0 bridgehead atoms. The van der Waals surface area contributed by atoms with Crippen molar-refractivity contribution in [2.75, 3.05) is 18.0 Å². The molecule has 0 N–H and O–H groups in total. The fourth-order valence-corrected chi connectivity index (χ4v) is 2.92. The lowest BCUT2D eigenvalue weighted by Gasteiger charge is -2.17. The fraction of sp³-hybridized carbons (Fsp3) is 0.294. The van der Waals surface area contributed by atoms with Crippen molar-refractivity contribution in [1.29, 1.82) is 0 Å². The minimum absolute atomic E-state index is 0.0513. The van der Waals surface area contributed by atoms with Crippen LogP contribution in [-0.4, -0.2) is 39.1 Å². The zero-order valence-electron chi connectivity index (χ0n) is 13.2. The lowest BCUT2D eigenvalue weighted by Crippen LogP contribution is -2.25. The molecule has 3 heterocycles. The van der Waals surface area contributed by atoms with Crippen molar-refractivity contribution in [2.24, 2.45) is 0 Å². The fourth-order valence-electron chi connectivity index (χ4n) is 2.75. The molecule has 3 aromatic rings. The van der Waals surface area contributed by atoms with Crippen LogP contribution in [0.2, 0.25) is 5.02 Å². The van der Waals surface area contributed by atoms with Gasteiger partial charge < -0.3 is 9.64 Å². The van der Waals surface area contributed by atoms with E-state index >= 15 is 0 Å². The Morgan fingerprint density at radius 3 is 2.79 bits per heavy atom. The molecule has 0 radical (unpaired) electrons. The Kier molecular flexibility index (Phi) is 3.90. The van der Waals surface area contributed by atoms with Gasteiger partial charge in [0, 0.05) is 30.4 Å². The normalized spacial score (nSPS) is 17.4. The van der Waals surface area contributed by atoms with Crippen molar-refractivity contribution >= 4 is 28.5 Å². The summed E-state index contributed by atoms with van der Waals surface area (Å²) in [6, 6.07) is 5.95. The van der Waals surface area contributed by atoms with E-state index in [1.165, 1.54) is 0 Å². The van der Waals surface area contributed by atoms with Gasteiger partial charge in [-0.05, 0) is 30.7 Å². The lowest BCUT2D eigenvalue weighted by molar-refractivity contribution is 0.206. The summed E-state index contributed by atoms with van der Waals surface area (Å²) in [5, 5.41) is 0.664. The lowest BCUT2D eigenvalue weighted by atomic mass is 10.3. The van der Waals surface area contributed by atoms with Gasteiger partial charge in [0.05, 0.1) is 23.8 Å². The number of fused-ring (bicyclic) bond motifs is 1. The van der Waals surface area contributed by atoms with Gasteiger partial charge in [0.1, 0.15) is 11.9 Å². The SMILES string of the molecule is Cc1cnc(OC2CCN(c3cnc4cc(Cl)ccc4n3)C2)nc1. The van der Waals surface area contributed by atoms with E-state index in [-0.39, 0.29) is 6.10 Å². The van der Waals surface area contributed by atoms with E-state index in [1.807, 2.05) is 25.1 Å². The van der Waals surface area contributed by atoms with Crippen molar-refractivity contribution in [3.8, 4) is 6.01 Å². The Labute approximate surface area is 144 Å². The Morgan fingerprint density at radius 1 is 1.12 bits per heavy atom. The maximum atomic E-state index is 5.98. The number of nitrogens with zero attached hydrogens (tertiary/aromatic N) is 5. The molecule has 1 aliphatic heterocycles. The number of rotatable bonds is 3. The first kappa shape index (κ1) is 15.1. The molecule has 1 saturated heterocycles. The zero-order chi connectivity index (χ0) is 16.5. The van der Waals surface area contributed by atoms with Gasteiger partial charge in [0.25, 0.3) is 0 Å². The summed E-state index contributed by atoms with van der Waals surface area (Å²) in [6.07, 6.45) is 6.25. The van der Waals surface area contributed by atoms with Crippen LogP contribution in [0.25, 0.3) is 11.0 Å². The second-order valence-corrected chi connectivity index (χ2v) is 6.32. The van der Waals surface area contributed by atoms with E-state index in [0.717, 1.165) is 41.9 Å². The molecule has 1 aromatic carbocycles. The quantitative estimate of drug-likeness (QED) is 0.729. The van der Waals surface area contributed by atoms with E-state index in [0.29, 0.717) is 11.0 Å². The molecule has 4 rings (SSSR count). The van der Waals surface area contributed by atoms with Crippen LogP contribution in [0.15, 0.2) is 36.8 Å². The molecule has 2 aromatic heterocycles. The summed E-state index contributed by atoms with van der Waals surface area (Å²) in [5.74, 6) is 0.848. The van der Waals surface area contributed by atoms with Crippen LogP contribution >= 0.6 is 11.6 Å². The molecule has 0 spiro atoms. The van der Waals surface area contributed by atoms with E-state index in [2.05, 4.69) is 24.8 Å². The van der Waals surface area contributed by atoms with Crippen molar-refractivity contribution in [1.82, 2.24) is 19.9 Å². The monoisotopic (exact) mass is 341 g/mol. The third-order valence-corrected chi connectivity index (χ3v) is 4.22. The highest BCUT2D eigenvalue weighted by Gasteiger charge is 2.26. The third kappa shape index (κ3) is 3.10. The van der Waals surface area contributed by atoms with Crippen LogP contribution < -0.4 is 9.64 Å². The van der Waals surface area contributed by atoms with Gasteiger partial charge in [-0.25, -0.2) is 15.0 Å². The Morgan fingerprint density at radius 2 is 1.96 bits per heavy atom. The van der Waals surface area contributed by atoms with Crippen molar-refractivity contribution in [3.63, 3.8) is 0 Å². The van der Waals surface area contributed by atoms with E-state index in [4.69, 9.17) is 16.3 Å². The molecule has 24 heavy (non-hydrogen) atoms. The first-order chi connectivity index (χ1) is 11.7. The maximum absolute atomic E-state index is 5.98. The minimum atomic E-state index is 0.0513. The van der Waals surface area contributed by atoms with Crippen LogP contribution in [0.5, 0.6) is 6.01 Å². The van der Waals surface area contributed by atoms with E-state index in [9.17, 15) is 0 Å². The standard InChI is InChI=1S/C17H16ClN5O/c1-11-7-20-17(21-8-11)24-13-4-5-23(10-13)16-9-19-15-6-12(18)2-3-14(15)22-16/h2-3,6-9,13H,4-5,10H2,1H3. The molecule has 7 heteroatoms. The maximum Gasteiger partial charge on any atom is 0.316 e. The van der Waals surface area contributed by atoms with Gasteiger partial charge in [-0.2, -0.15) is 0 Å². The van der Waals surface area contributed by atoms with Crippen LogP contribution in [0, 0.1) is 6.92 Å². The number of aryl methyl sites for hydroxylation is 1. The number of hydrogen-bond donors (Lipinski definition) is 0. The average Bonchev–Trinajstić information content (AvgIpc) is 3.05. The smallest absolute Gasteiger partial charge is 0.316 e. The van der Waals surface area contributed by atoms with Gasteiger partial charge in [0.2, 0.25) is 0 Å². The Hall–Kier alpha value is -2.47. The predicted octanol–water partition coefficient (Wildman–Crippen LogP) is 3.04. The summed E-state index contributed by atoms with van der Waals surface area (Å²) in [7, 11) is 0. The molecule has 1 unspecified atom stereocenters. The number of aromatic nitrogens is 4. The minimum Gasteiger partial charge on any atom is -0.458 e. The summed E-state index contributed by atoms with van der Waals surface area (Å²) < 4.78 is 5.86. The van der Waals surface area contributed by atoms with E-state index < -0.39 is 0 Å². The Balaban J connectivity index is 1.48. The molecule has 0 aliphatic carbocycles. The number of ether oxygens (including phenoxy) is 1. The molecule has 1 fully saturated rings. The molecule has 1 aliphatic rings. The van der Waals surface area contributed by atoms with E-state index in [1.54, 1.807) is 18.6 Å². The molecular weight excluding hydrogens is 326 g/mol. The Bertz CT molecular complexity index is 870. The molecule has 6 nitrogen and oxygen atoms in total. The topological polar surface area (TPSA) is 64.0 Å². The molecule has 0 saturated carbocycles. The van der Waals surface area contributed by atoms with Crippen LogP contribution in [0.3, 0.4) is 0 Å². The summed E-state index contributed by atoms with van der Waals surface area (Å²) in [6.45, 7) is 3.56. The molecule has 122 valence electrons. The molecule has 0 amide bonds. The highest BCUT2D eigenvalue weighted by molar-refractivity contribution is 6.31. The predicted molar refractivity (Wildman–Crippen MR) is 92.6 cm³/mol. The summed E-state index contributed by atoms with van der Waals surface area (Å²) in [4.78, 5) is 19.7. The van der Waals surface area contributed by atoms with Gasteiger partial charge in [-0.1, -0.05) is 11.6 Å². The van der Waals surface area contributed by atoms with Crippen LogP contribution in [-0.2, 0) is 0 Å². The van der Waals surface area contributed by atoms with Gasteiger partial charge in [-0.3, -0.25) is 4.98 Å². The van der Waals surface area contributed by atoms with Crippen molar-refractivity contribution in [3.05, 3.63) is 47.4 Å². The highest BCUT2D eigenvalue weighted by atomic mass is 35.5. The first-order valence-corrected chi connectivity index (χ1v) is 8.18. The van der Waals surface area contributed by atoms with Gasteiger partial charge in [0.15, 0.2) is 0 Å². The molecule has 1 atom stereocenters. The highest BCUT2D eigenvalue weighted by Crippen LogP contribution is 2.23. The van der Waals surface area contributed by atoms with Crippen LogP contribution in [0.1, 0.15) is 12.0 Å². The summed E-state index contributed by atoms with van der Waals surface area (Å²) in [5.41, 5.74) is 2.65. The van der Waals surface area contributed by atoms with Crippen molar-refractivity contribution in [2.45, 2.75) is 19.4 Å². The largest absolute Gasteiger partial charge is 0.458 e. The van der Waals surface area contributed by atoms with Gasteiger partial charge >= 0.3 is 6.01 Å². The third-order valence-electron chi connectivity index (χ3n) is 3.99. The van der Waals surface area contributed by atoms with Crippen molar-refractivity contribution < 1.29 is 4.74 Å². The average molecular weight is 342 g/mol. The van der Waals surface area contributed by atoms with Crippen LogP contribution in [0.4, 0.5) is 5.82 Å². The number of benzene rings is 1.